The van der Waals surface area contributed by atoms with Crippen molar-refractivity contribution in [1.29, 1.82) is 0 Å². The van der Waals surface area contributed by atoms with E-state index in [4.69, 9.17) is 11.6 Å². The molecule has 2 N–H and O–H groups in total. The van der Waals surface area contributed by atoms with E-state index in [0.29, 0.717) is 5.02 Å². The first kappa shape index (κ1) is 13.3. The average Bonchev–Trinajstić information content (AvgIpc) is 2.34. The summed E-state index contributed by atoms with van der Waals surface area (Å²) in [5, 5.41) is 6.15. The first-order chi connectivity index (χ1) is 8.58. The number of piperidine rings is 1. The second kappa shape index (κ2) is 5.67. The second-order valence-corrected chi connectivity index (χ2v) is 5.10. The van der Waals surface area contributed by atoms with Crippen molar-refractivity contribution < 1.29 is 9.18 Å². The molecule has 1 aromatic carbocycles. The molecule has 0 aromatic heterocycles. The Morgan fingerprint density at radius 1 is 1.56 bits per heavy atom. The second-order valence-electron chi connectivity index (χ2n) is 4.66. The highest BCUT2D eigenvalue weighted by molar-refractivity contribution is 6.30. The Morgan fingerprint density at radius 2 is 2.33 bits per heavy atom. The predicted molar refractivity (Wildman–Crippen MR) is 70.2 cm³/mol. The standard InChI is InChI=1S/C13H16ClFN2O/c1-8-3-2-6-16-12(8)13(18)17-11-7-9(14)4-5-10(11)15/h4-5,7-8,12,16H,2-3,6H2,1H3,(H,17,18). The van der Waals surface area contributed by atoms with Crippen LogP contribution in [0.15, 0.2) is 18.2 Å². The summed E-state index contributed by atoms with van der Waals surface area (Å²) < 4.78 is 13.5. The monoisotopic (exact) mass is 270 g/mol. The SMILES string of the molecule is CC1CCCNC1C(=O)Nc1cc(Cl)ccc1F. The summed E-state index contributed by atoms with van der Waals surface area (Å²) in [6, 6.07) is 3.85. The lowest BCUT2D eigenvalue weighted by molar-refractivity contribution is -0.119. The zero-order valence-corrected chi connectivity index (χ0v) is 10.9. The van der Waals surface area contributed by atoms with Gasteiger partial charge in [0.1, 0.15) is 5.82 Å². The zero-order valence-electron chi connectivity index (χ0n) is 10.2. The Labute approximate surface area is 111 Å². The smallest absolute Gasteiger partial charge is 0.241 e. The first-order valence-electron chi connectivity index (χ1n) is 6.07. The molecule has 3 nitrogen and oxygen atoms in total. The van der Waals surface area contributed by atoms with Crippen LogP contribution >= 0.6 is 11.6 Å². The van der Waals surface area contributed by atoms with Crippen molar-refractivity contribution in [2.45, 2.75) is 25.8 Å². The molecule has 98 valence electrons. The quantitative estimate of drug-likeness (QED) is 0.868. The molecule has 0 spiro atoms. The molecule has 2 rings (SSSR count). The number of hydrogen-bond acceptors (Lipinski definition) is 2. The predicted octanol–water partition coefficient (Wildman–Crippen LogP) is 2.81. The number of halogens is 2. The maximum absolute atomic E-state index is 13.5. The molecule has 0 saturated carbocycles. The minimum absolute atomic E-state index is 0.132. The van der Waals surface area contributed by atoms with Gasteiger partial charge in [0.15, 0.2) is 0 Å². The van der Waals surface area contributed by atoms with Crippen LogP contribution in [0.2, 0.25) is 5.02 Å². The number of anilines is 1. The number of carbonyl (C=O) groups is 1. The number of rotatable bonds is 2. The van der Waals surface area contributed by atoms with Crippen LogP contribution in [0.4, 0.5) is 10.1 Å². The van der Waals surface area contributed by atoms with E-state index >= 15 is 0 Å². The van der Waals surface area contributed by atoms with Crippen LogP contribution in [-0.2, 0) is 4.79 Å². The topological polar surface area (TPSA) is 41.1 Å². The molecule has 1 saturated heterocycles. The Hall–Kier alpha value is -1.13. The molecule has 1 fully saturated rings. The van der Waals surface area contributed by atoms with Gasteiger partial charge in [-0.15, -0.1) is 0 Å². The minimum atomic E-state index is -0.476. The molecule has 0 radical (unpaired) electrons. The summed E-state index contributed by atoms with van der Waals surface area (Å²) in [6.45, 7) is 2.84. The molecule has 1 heterocycles. The molecule has 2 unspecified atom stereocenters. The van der Waals surface area contributed by atoms with Gasteiger partial charge in [-0.05, 0) is 43.5 Å². The fourth-order valence-electron chi connectivity index (χ4n) is 2.20. The molecule has 0 bridgehead atoms. The van der Waals surface area contributed by atoms with Gasteiger partial charge in [-0.2, -0.15) is 0 Å². The lowest BCUT2D eigenvalue weighted by Gasteiger charge is -2.28. The fourth-order valence-corrected chi connectivity index (χ4v) is 2.38. The third-order valence-electron chi connectivity index (χ3n) is 3.24. The van der Waals surface area contributed by atoms with Crippen LogP contribution in [0, 0.1) is 11.7 Å². The van der Waals surface area contributed by atoms with Crippen molar-refractivity contribution in [3.63, 3.8) is 0 Å². The summed E-state index contributed by atoms with van der Waals surface area (Å²) in [5.41, 5.74) is 0.132. The Balaban J connectivity index is 2.08. The molecule has 1 aromatic rings. The number of nitrogens with one attached hydrogen (secondary N) is 2. The highest BCUT2D eigenvalue weighted by Gasteiger charge is 2.27. The molecule has 2 atom stereocenters. The maximum atomic E-state index is 13.5. The van der Waals surface area contributed by atoms with Gasteiger partial charge in [0.05, 0.1) is 11.7 Å². The van der Waals surface area contributed by atoms with E-state index in [1.165, 1.54) is 18.2 Å². The third kappa shape index (κ3) is 3.00. The van der Waals surface area contributed by atoms with Gasteiger partial charge in [-0.1, -0.05) is 18.5 Å². The van der Waals surface area contributed by atoms with Crippen LogP contribution in [0.25, 0.3) is 0 Å². The molecular formula is C13H16ClFN2O. The Kier molecular flexibility index (Phi) is 4.19. The molecule has 0 aliphatic carbocycles. The Bertz CT molecular complexity index is 453. The molecule has 1 aliphatic rings. The van der Waals surface area contributed by atoms with E-state index in [9.17, 15) is 9.18 Å². The molecule has 1 amide bonds. The lowest BCUT2D eigenvalue weighted by Crippen LogP contribution is -2.48. The van der Waals surface area contributed by atoms with Gasteiger partial charge in [0.2, 0.25) is 5.91 Å². The van der Waals surface area contributed by atoms with Gasteiger partial charge in [0.25, 0.3) is 0 Å². The summed E-state index contributed by atoms with van der Waals surface area (Å²) in [5.74, 6) is -0.430. The molecular weight excluding hydrogens is 255 g/mol. The van der Waals surface area contributed by atoms with Crippen molar-refractivity contribution in [3.8, 4) is 0 Å². The van der Waals surface area contributed by atoms with Crippen LogP contribution in [0.5, 0.6) is 0 Å². The van der Waals surface area contributed by atoms with E-state index in [2.05, 4.69) is 10.6 Å². The third-order valence-corrected chi connectivity index (χ3v) is 3.47. The van der Waals surface area contributed by atoms with Crippen molar-refractivity contribution in [1.82, 2.24) is 5.32 Å². The van der Waals surface area contributed by atoms with Gasteiger partial charge in [-0.25, -0.2) is 4.39 Å². The van der Waals surface area contributed by atoms with Gasteiger partial charge in [0, 0.05) is 5.02 Å². The largest absolute Gasteiger partial charge is 0.322 e. The summed E-state index contributed by atoms with van der Waals surface area (Å²) in [4.78, 5) is 12.1. The lowest BCUT2D eigenvalue weighted by atomic mass is 9.92. The highest BCUT2D eigenvalue weighted by atomic mass is 35.5. The Morgan fingerprint density at radius 3 is 3.06 bits per heavy atom. The van der Waals surface area contributed by atoms with Crippen LogP contribution < -0.4 is 10.6 Å². The van der Waals surface area contributed by atoms with E-state index in [0.717, 1.165) is 19.4 Å². The van der Waals surface area contributed by atoms with Gasteiger partial charge < -0.3 is 10.6 Å². The highest BCUT2D eigenvalue weighted by Crippen LogP contribution is 2.21. The van der Waals surface area contributed by atoms with E-state index in [-0.39, 0.29) is 23.6 Å². The number of amides is 1. The zero-order chi connectivity index (χ0) is 13.1. The number of benzene rings is 1. The van der Waals surface area contributed by atoms with Gasteiger partial charge >= 0.3 is 0 Å². The fraction of sp³-hybridized carbons (Fsp3) is 0.462. The minimum Gasteiger partial charge on any atom is -0.322 e. The molecule has 1 aliphatic heterocycles. The van der Waals surface area contributed by atoms with E-state index in [1.54, 1.807) is 0 Å². The average molecular weight is 271 g/mol. The van der Waals surface area contributed by atoms with Crippen LogP contribution in [-0.4, -0.2) is 18.5 Å². The van der Waals surface area contributed by atoms with Gasteiger partial charge in [-0.3, -0.25) is 4.79 Å². The van der Waals surface area contributed by atoms with E-state index in [1.807, 2.05) is 6.92 Å². The summed E-state index contributed by atoms with van der Waals surface area (Å²) in [6.07, 6.45) is 2.07. The summed E-state index contributed by atoms with van der Waals surface area (Å²) in [7, 11) is 0. The van der Waals surface area contributed by atoms with Crippen molar-refractivity contribution in [3.05, 3.63) is 29.0 Å². The normalized spacial score (nSPS) is 23.7. The molecule has 18 heavy (non-hydrogen) atoms. The molecule has 5 heteroatoms. The van der Waals surface area contributed by atoms with Crippen molar-refractivity contribution in [2.24, 2.45) is 5.92 Å². The maximum Gasteiger partial charge on any atom is 0.241 e. The van der Waals surface area contributed by atoms with E-state index < -0.39 is 5.82 Å². The van der Waals surface area contributed by atoms with Crippen LogP contribution in [0.1, 0.15) is 19.8 Å². The van der Waals surface area contributed by atoms with Crippen molar-refractivity contribution in [2.75, 3.05) is 11.9 Å². The number of carbonyl (C=O) groups excluding carboxylic acids is 1. The van der Waals surface area contributed by atoms with Crippen molar-refractivity contribution >= 4 is 23.2 Å². The first-order valence-corrected chi connectivity index (χ1v) is 6.45. The number of hydrogen-bond donors (Lipinski definition) is 2. The summed E-state index contributed by atoms with van der Waals surface area (Å²) >= 11 is 5.78. The van der Waals surface area contributed by atoms with Crippen LogP contribution in [0.3, 0.4) is 0 Å².